The van der Waals surface area contributed by atoms with Gasteiger partial charge in [0.1, 0.15) is 0 Å². The molecule has 0 saturated heterocycles. The van der Waals surface area contributed by atoms with E-state index in [1.54, 1.807) is 10.8 Å². The molecule has 0 unspecified atom stereocenters. The number of unbranched alkanes of at least 4 members (excludes halogenated alkanes) is 3. The van der Waals surface area contributed by atoms with Crippen LogP contribution >= 0.6 is 21.6 Å². The smallest absolute Gasteiger partial charge is 0.0701 e. The predicted molar refractivity (Wildman–Crippen MR) is 82.6 cm³/mol. The maximum atomic E-state index is 5.47. The Labute approximate surface area is 120 Å². The molecule has 0 amide bonds. The lowest BCUT2D eigenvalue weighted by Crippen LogP contribution is -2.10. The van der Waals surface area contributed by atoms with Crippen LogP contribution in [0.2, 0.25) is 0 Å². The van der Waals surface area contributed by atoms with E-state index in [-0.39, 0.29) is 0 Å². The van der Waals surface area contributed by atoms with Crippen molar-refractivity contribution >= 4 is 21.6 Å². The summed E-state index contributed by atoms with van der Waals surface area (Å²) in [6.07, 6.45) is 7.12. The Kier molecular flexibility index (Phi) is 18.1. The zero-order valence-electron chi connectivity index (χ0n) is 11.8. The summed E-state index contributed by atoms with van der Waals surface area (Å²) in [5.74, 6) is 1.04. The molecule has 0 aromatic heterocycles. The van der Waals surface area contributed by atoms with Crippen molar-refractivity contribution in [2.75, 3.05) is 51.6 Å². The van der Waals surface area contributed by atoms with E-state index >= 15 is 0 Å². The molecular weight excluding hydrogens is 268 g/mol. The highest BCUT2D eigenvalue weighted by Gasteiger charge is 1.92. The van der Waals surface area contributed by atoms with Crippen LogP contribution in [-0.4, -0.2) is 51.6 Å². The zero-order chi connectivity index (χ0) is 13.3. The first-order valence-corrected chi connectivity index (χ1v) is 9.53. The first-order chi connectivity index (χ1) is 8.91. The molecule has 0 heterocycles. The van der Waals surface area contributed by atoms with Gasteiger partial charge in [-0.25, -0.2) is 0 Å². The highest BCUT2D eigenvalue weighted by molar-refractivity contribution is 8.76. The van der Waals surface area contributed by atoms with Crippen LogP contribution in [0.1, 0.15) is 32.6 Å². The highest BCUT2D eigenvalue weighted by atomic mass is 33.1. The van der Waals surface area contributed by atoms with E-state index in [1.165, 1.54) is 25.7 Å². The van der Waals surface area contributed by atoms with Gasteiger partial charge in [0.2, 0.25) is 0 Å². The van der Waals surface area contributed by atoms with Gasteiger partial charge in [0.15, 0.2) is 0 Å². The van der Waals surface area contributed by atoms with Gasteiger partial charge in [-0.1, -0.05) is 47.8 Å². The van der Waals surface area contributed by atoms with Crippen molar-refractivity contribution in [2.45, 2.75) is 32.6 Å². The van der Waals surface area contributed by atoms with Gasteiger partial charge in [-0.05, 0) is 12.7 Å². The first kappa shape index (κ1) is 18.6. The summed E-state index contributed by atoms with van der Waals surface area (Å²) in [4.78, 5) is 0. The Bertz CT molecular complexity index is 132. The van der Waals surface area contributed by atoms with E-state index in [0.29, 0.717) is 26.4 Å². The third kappa shape index (κ3) is 16.6. The number of hydrogen-bond donors (Lipinski definition) is 0. The number of ether oxygens (including phenoxy) is 3. The molecule has 0 fully saturated rings. The second kappa shape index (κ2) is 17.6. The van der Waals surface area contributed by atoms with Gasteiger partial charge in [0.25, 0.3) is 0 Å². The highest BCUT2D eigenvalue weighted by Crippen LogP contribution is 2.15. The van der Waals surface area contributed by atoms with E-state index in [4.69, 9.17) is 14.2 Å². The lowest BCUT2D eigenvalue weighted by atomic mass is 10.2. The summed E-state index contributed by atoms with van der Waals surface area (Å²) in [6, 6.07) is 0. The molecule has 3 nitrogen and oxygen atoms in total. The van der Waals surface area contributed by atoms with E-state index in [0.717, 1.165) is 19.0 Å². The Morgan fingerprint density at radius 1 is 0.722 bits per heavy atom. The Morgan fingerprint density at radius 2 is 1.33 bits per heavy atom. The van der Waals surface area contributed by atoms with Crippen molar-refractivity contribution in [1.29, 1.82) is 0 Å². The van der Waals surface area contributed by atoms with Crippen LogP contribution < -0.4 is 0 Å². The summed E-state index contributed by atoms with van der Waals surface area (Å²) in [7, 11) is 3.60. The van der Waals surface area contributed by atoms with E-state index in [9.17, 15) is 0 Å². The molecule has 5 heteroatoms. The minimum Gasteiger partial charge on any atom is -0.379 e. The number of hydrogen-bond acceptors (Lipinski definition) is 5. The van der Waals surface area contributed by atoms with Crippen LogP contribution in [0.15, 0.2) is 0 Å². The molecule has 0 bridgehead atoms. The van der Waals surface area contributed by atoms with E-state index < -0.39 is 0 Å². The first-order valence-electron chi connectivity index (χ1n) is 6.80. The topological polar surface area (TPSA) is 27.7 Å². The molecule has 0 aliphatic heterocycles. The molecule has 0 aliphatic carbocycles. The van der Waals surface area contributed by atoms with Crippen molar-refractivity contribution in [2.24, 2.45) is 0 Å². The van der Waals surface area contributed by atoms with E-state index in [2.05, 4.69) is 13.2 Å². The third-order valence-electron chi connectivity index (χ3n) is 2.32. The molecule has 0 rings (SSSR count). The van der Waals surface area contributed by atoms with Gasteiger partial charge in [0.05, 0.1) is 33.0 Å². The molecule has 0 aromatic carbocycles. The van der Waals surface area contributed by atoms with Crippen LogP contribution in [-0.2, 0) is 14.2 Å². The Hall–Kier alpha value is 0.580. The summed E-state index contributed by atoms with van der Waals surface area (Å²) in [5, 5.41) is 0. The summed E-state index contributed by atoms with van der Waals surface area (Å²) < 4.78 is 16.3. The average molecular weight is 296 g/mol. The molecule has 110 valence electrons. The molecule has 0 saturated carbocycles. The fourth-order valence-corrected chi connectivity index (χ4v) is 2.41. The van der Waals surface area contributed by atoms with Crippen molar-refractivity contribution in [3.05, 3.63) is 0 Å². The fourth-order valence-electron chi connectivity index (χ4n) is 1.35. The largest absolute Gasteiger partial charge is 0.379 e. The fraction of sp³-hybridized carbons (Fsp3) is 1.00. The Morgan fingerprint density at radius 3 is 1.94 bits per heavy atom. The second-order valence-electron chi connectivity index (χ2n) is 3.89. The van der Waals surface area contributed by atoms with E-state index in [1.807, 2.05) is 10.8 Å². The molecule has 0 aliphatic rings. The summed E-state index contributed by atoms with van der Waals surface area (Å²) >= 11 is 0. The van der Waals surface area contributed by atoms with Crippen molar-refractivity contribution in [1.82, 2.24) is 0 Å². The molecular formula is C13H28O3S2. The third-order valence-corrected chi connectivity index (χ3v) is 4.09. The summed E-state index contributed by atoms with van der Waals surface area (Å²) in [6.45, 7) is 6.63. The van der Waals surface area contributed by atoms with Gasteiger partial charge in [-0.3, -0.25) is 0 Å². The van der Waals surface area contributed by atoms with Crippen LogP contribution in [0, 0.1) is 0 Å². The SMILES string of the molecule is CCCCCCOCCOCCOCCSSC. The molecule has 0 N–H and O–H groups in total. The monoisotopic (exact) mass is 296 g/mol. The van der Waals surface area contributed by atoms with Gasteiger partial charge >= 0.3 is 0 Å². The maximum absolute atomic E-state index is 5.47. The summed E-state index contributed by atoms with van der Waals surface area (Å²) in [5.41, 5.74) is 0. The van der Waals surface area contributed by atoms with Crippen molar-refractivity contribution < 1.29 is 14.2 Å². The van der Waals surface area contributed by atoms with Crippen LogP contribution in [0.5, 0.6) is 0 Å². The van der Waals surface area contributed by atoms with Gasteiger partial charge in [0, 0.05) is 12.4 Å². The van der Waals surface area contributed by atoms with Gasteiger partial charge in [-0.15, -0.1) is 0 Å². The quantitative estimate of drug-likeness (QED) is 0.340. The zero-order valence-corrected chi connectivity index (χ0v) is 13.5. The van der Waals surface area contributed by atoms with Crippen molar-refractivity contribution in [3.63, 3.8) is 0 Å². The number of rotatable bonds is 15. The normalized spacial score (nSPS) is 11.0. The van der Waals surface area contributed by atoms with Crippen molar-refractivity contribution in [3.8, 4) is 0 Å². The molecule has 0 atom stereocenters. The minimum atomic E-state index is 0.670. The molecule has 0 aromatic rings. The van der Waals surface area contributed by atoms with Crippen LogP contribution in [0.3, 0.4) is 0 Å². The molecule has 0 spiro atoms. The average Bonchev–Trinajstić information content (AvgIpc) is 2.39. The second-order valence-corrected chi connectivity index (χ2v) is 6.57. The molecule has 0 radical (unpaired) electrons. The molecule has 18 heavy (non-hydrogen) atoms. The Balaban J connectivity index is 2.86. The minimum absolute atomic E-state index is 0.670. The van der Waals surface area contributed by atoms with Gasteiger partial charge in [-0.2, -0.15) is 0 Å². The lowest BCUT2D eigenvalue weighted by molar-refractivity contribution is 0.0167. The predicted octanol–water partition coefficient (Wildman–Crippen LogP) is 3.63. The van der Waals surface area contributed by atoms with Gasteiger partial charge < -0.3 is 14.2 Å². The lowest BCUT2D eigenvalue weighted by Gasteiger charge is -2.06. The van der Waals surface area contributed by atoms with Crippen LogP contribution in [0.25, 0.3) is 0 Å². The van der Waals surface area contributed by atoms with Crippen LogP contribution in [0.4, 0.5) is 0 Å². The maximum Gasteiger partial charge on any atom is 0.0701 e. The standard InChI is InChI=1S/C13H28O3S2/c1-3-4-5-6-7-14-8-9-15-10-11-16-12-13-18-17-2/h3-13H2,1-2H3.